The number of nitrogens with zero attached hydrogens (tertiary/aromatic N) is 5. The molecule has 4 heterocycles. The summed E-state index contributed by atoms with van der Waals surface area (Å²) in [5, 5.41) is 17.0. The van der Waals surface area contributed by atoms with Crippen molar-refractivity contribution < 1.29 is 14.6 Å². The number of hydrogen-bond donors (Lipinski definition) is 2. The molecule has 0 radical (unpaired) electrons. The van der Waals surface area contributed by atoms with Gasteiger partial charge in [-0.05, 0) is 86.7 Å². The fraction of sp³-hybridized carbons (Fsp3) is 0.485. The molecule has 9 heteroatoms. The summed E-state index contributed by atoms with van der Waals surface area (Å²) in [6.07, 6.45) is 6.59. The second kappa shape index (κ2) is 10.9. The number of aromatic hydroxyl groups is 1. The normalized spacial score (nSPS) is 22.9. The van der Waals surface area contributed by atoms with Crippen LogP contribution in [-0.4, -0.2) is 83.5 Å². The molecule has 9 nitrogen and oxygen atoms in total. The smallest absolute Gasteiger partial charge is 0.319 e. The maximum Gasteiger partial charge on any atom is 0.319 e. The molecule has 3 fully saturated rings. The Bertz CT molecular complexity index is 1630. The molecule has 2 N–H and O–H groups in total. The number of phenolic OH excluding ortho intramolecular Hbond substituents is 1. The van der Waals surface area contributed by atoms with Gasteiger partial charge in [0.15, 0.2) is 0 Å². The van der Waals surface area contributed by atoms with Gasteiger partial charge in [-0.3, -0.25) is 4.90 Å². The Morgan fingerprint density at radius 3 is 2.62 bits per heavy atom. The SMILES string of the molecule is CCc1cccc2cc(O)cc(-c3cc4nc(OC5CCCC56CCCN6C)nc(N5CCNCC5)c4c(OC)n3)c12. The van der Waals surface area contributed by atoms with E-state index in [1.807, 2.05) is 24.3 Å². The van der Waals surface area contributed by atoms with Crippen LogP contribution in [0.15, 0.2) is 36.4 Å². The molecule has 0 bridgehead atoms. The summed E-state index contributed by atoms with van der Waals surface area (Å²) < 4.78 is 12.7. The van der Waals surface area contributed by atoms with Crippen LogP contribution in [0.2, 0.25) is 0 Å². The third kappa shape index (κ3) is 4.50. The second-order valence-corrected chi connectivity index (χ2v) is 12.0. The van der Waals surface area contributed by atoms with E-state index in [0.29, 0.717) is 17.6 Å². The number of nitrogens with one attached hydrogen (secondary N) is 1. The van der Waals surface area contributed by atoms with E-state index in [9.17, 15) is 5.11 Å². The first-order valence-electron chi connectivity index (χ1n) is 15.4. The molecular formula is C33H40N6O3. The number of piperazine rings is 1. The molecule has 2 unspecified atom stereocenters. The van der Waals surface area contributed by atoms with Gasteiger partial charge in [0, 0.05) is 31.7 Å². The number of pyridine rings is 1. The van der Waals surface area contributed by atoms with Crippen LogP contribution in [0, 0.1) is 0 Å². The summed E-state index contributed by atoms with van der Waals surface area (Å²) in [5.41, 5.74) is 3.54. The summed E-state index contributed by atoms with van der Waals surface area (Å²) in [4.78, 5) is 19.9. The molecule has 2 saturated heterocycles. The third-order valence-corrected chi connectivity index (χ3v) is 9.71. The molecule has 220 valence electrons. The molecule has 2 aromatic carbocycles. The quantitative estimate of drug-likeness (QED) is 0.336. The molecular weight excluding hydrogens is 528 g/mol. The van der Waals surface area contributed by atoms with E-state index >= 15 is 0 Å². The lowest BCUT2D eigenvalue weighted by atomic mass is 9.92. The highest BCUT2D eigenvalue weighted by Crippen LogP contribution is 2.45. The maximum atomic E-state index is 10.7. The number of fused-ring (bicyclic) bond motifs is 2. The lowest BCUT2D eigenvalue weighted by Gasteiger charge is -2.37. The summed E-state index contributed by atoms with van der Waals surface area (Å²) in [7, 11) is 3.88. The minimum atomic E-state index is 0.0589. The zero-order valence-corrected chi connectivity index (χ0v) is 24.8. The zero-order valence-electron chi connectivity index (χ0n) is 24.8. The number of methoxy groups -OCH3 is 1. The number of likely N-dealkylation sites (tertiary alicyclic amines) is 1. The number of likely N-dealkylation sites (N-methyl/N-ethyl adjacent to an activating group) is 1. The number of phenols is 1. The second-order valence-electron chi connectivity index (χ2n) is 12.0. The van der Waals surface area contributed by atoms with Crippen molar-refractivity contribution in [1.82, 2.24) is 25.2 Å². The van der Waals surface area contributed by atoms with Gasteiger partial charge in [0.05, 0.1) is 23.9 Å². The van der Waals surface area contributed by atoms with Gasteiger partial charge >= 0.3 is 6.01 Å². The van der Waals surface area contributed by atoms with Crippen LogP contribution < -0.4 is 19.7 Å². The van der Waals surface area contributed by atoms with Crippen LogP contribution in [-0.2, 0) is 6.42 Å². The Kier molecular flexibility index (Phi) is 7.02. The molecule has 1 saturated carbocycles. The minimum absolute atomic E-state index is 0.0589. The van der Waals surface area contributed by atoms with E-state index in [-0.39, 0.29) is 17.4 Å². The topological polar surface area (TPSA) is 95.9 Å². The average molecular weight is 569 g/mol. The number of benzene rings is 2. The Balaban J connectivity index is 1.41. The van der Waals surface area contributed by atoms with Crippen molar-refractivity contribution in [3.05, 3.63) is 42.0 Å². The van der Waals surface area contributed by atoms with Crippen molar-refractivity contribution in [1.29, 1.82) is 0 Å². The molecule has 1 aliphatic carbocycles. The first-order chi connectivity index (χ1) is 20.5. The number of aromatic nitrogens is 3. The number of ether oxygens (including phenoxy) is 2. The number of hydrogen-bond acceptors (Lipinski definition) is 9. The highest BCUT2D eigenvalue weighted by atomic mass is 16.5. The van der Waals surface area contributed by atoms with Crippen molar-refractivity contribution in [2.24, 2.45) is 0 Å². The Labute approximate surface area is 246 Å². The van der Waals surface area contributed by atoms with Gasteiger partial charge in [-0.1, -0.05) is 25.1 Å². The van der Waals surface area contributed by atoms with Gasteiger partial charge in [-0.2, -0.15) is 9.97 Å². The van der Waals surface area contributed by atoms with Crippen LogP contribution in [0.4, 0.5) is 5.82 Å². The lowest BCUT2D eigenvalue weighted by molar-refractivity contribution is 0.0412. The Hall–Kier alpha value is -3.69. The lowest BCUT2D eigenvalue weighted by Crippen LogP contribution is -2.50. The molecule has 7 rings (SSSR count). The first kappa shape index (κ1) is 27.2. The zero-order chi connectivity index (χ0) is 28.8. The molecule has 0 amide bonds. The third-order valence-electron chi connectivity index (χ3n) is 9.71. The Morgan fingerprint density at radius 1 is 1.02 bits per heavy atom. The van der Waals surface area contributed by atoms with Gasteiger partial charge in [0.25, 0.3) is 0 Å². The summed E-state index contributed by atoms with van der Waals surface area (Å²) >= 11 is 0. The van der Waals surface area contributed by atoms with Crippen LogP contribution >= 0.6 is 0 Å². The number of anilines is 1. The van der Waals surface area contributed by atoms with Crippen LogP contribution in [0.1, 0.15) is 44.6 Å². The van der Waals surface area contributed by atoms with E-state index < -0.39 is 0 Å². The van der Waals surface area contributed by atoms with Crippen molar-refractivity contribution in [3.63, 3.8) is 0 Å². The van der Waals surface area contributed by atoms with Crippen LogP contribution in [0.5, 0.6) is 17.6 Å². The van der Waals surface area contributed by atoms with E-state index in [1.54, 1.807) is 13.2 Å². The molecule has 2 atom stereocenters. The first-order valence-corrected chi connectivity index (χ1v) is 15.4. The monoisotopic (exact) mass is 568 g/mol. The minimum Gasteiger partial charge on any atom is -0.508 e. The Morgan fingerprint density at radius 2 is 1.86 bits per heavy atom. The van der Waals surface area contributed by atoms with Crippen LogP contribution in [0.25, 0.3) is 32.9 Å². The molecule has 1 spiro atoms. The number of rotatable bonds is 6. The van der Waals surface area contributed by atoms with Gasteiger partial charge in [0.2, 0.25) is 5.88 Å². The molecule has 3 aliphatic rings. The molecule has 4 aromatic rings. The highest BCUT2D eigenvalue weighted by molar-refractivity contribution is 6.02. The fourth-order valence-electron chi connectivity index (χ4n) is 7.59. The van der Waals surface area contributed by atoms with Crippen molar-refractivity contribution in [3.8, 4) is 28.9 Å². The van der Waals surface area contributed by atoms with Crippen LogP contribution in [0.3, 0.4) is 0 Å². The molecule has 2 aliphatic heterocycles. The number of aryl methyl sites for hydroxylation is 1. The van der Waals surface area contributed by atoms with E-state index in [4.69, 9.17) is 24.4 Å². The van der Waals surface area contributed by atoms with Crippen molar-refractivity contribution in [2.45, 2.75) is 57.1 Å². The van der Waals surface area contributed by atoms with Gasteiger partial charge in [-0.15, -0.1) is 0 Å². The average Bonchev–Trinajstić information content (AvgIpc) is 3.60. The largest absolute Gasteiger partial charge is 0.508 e. The molecule has 42 heavy (non-hydrogen) atoms. The predicted octanol–water partition coefficient (Wildman–Crippen LogP) is 4.93. The maximum absolute atomic E-state index is 10.7. The van der Waals surface area contributed by atoms with Gasteiger partial charge in [0.1, 0.15) is 23.1 Å². The van der Waals surface area contributed by atoms with Gasteiger partial charge in [-0.25, -0.2) is 4.98 Å². The summed E-state index contributed by atoms with van der Waals surface area (Å²) in [5.74, 6) is 1.47. The summed E-state index contributed by atoms with van der Waals surface area (Å²) in [6, 6.07) is 12.2. The molecule has 2 aromatic heterocycles. The van der Waals surface area contributed by atoms with Crippen molar-refractivity contribution >= 4 is 27.5 Å². The predicted molar refractivity (Wildman–Crippen MR) is 166 cm³/mol. The van der Waals surface area contributed by atoms with E-state index in [1.165, 1.54) is 12.0 Å². The highest BCUT2D eigenvalue weighted by Gasteiger charge is 2.50. The van der Waals surface area contributed by atoms with Gasteiger partial charge < -0.3 is 24.8 Å². The summed E-state index contributed by atoms with van der Waals surface area (Å²) in [6.45, 7) is 6.65. The van der Waals surface area contributed by atoms with E-state index in [0.717, 1.165) is 97.9 Å². The standard InChI is InChI=1S/C33H40N6O3/c1-4-21-8-5-9-22-18-23(40)19-24(28(21)22)25-20-26-29(31(35-25)41-3)30(39-16-13-34-14-17-39)37-32(36-26)42-27-10-6-11-33(27)12-7-15-38(33)2/h5,8-9,18-20,27,34,40H,4,6-7,10-17H2,1-3H3. The fourth-order valence-corrected chi connectivity index (χ4v) is 7.59. The van der Waals surface area contributed by atoms with Crippen molar-refractivity contribution in [2.75, 3.05) is 51.8 Å². The van der Waals surface area contributed by atoms with E-state index in [2.05, 4.69) is 35.2 Å².